The molecule has 1 atom stereocenters. The fraction of sp³-hybridized carbons (Fsp3) is 0.250. The number of ether oxygens (including phenoxy) is 1. The van der Waals surface area contributed by atoms with Gasteiger partial charge in [0.25, 0.3) is 0 Å². The number of nitrogens with two attached hydrogens (primary N) is 1. The summed E-state index contributed by atoms with van der Waals surface area (Å²) in [6.45, 7) is 2.42. The Morgan fingerprint density at radius 2 is 2.13 bits per heavy atom. The minimum atomic E-state index is 0.0315. The summed E-state index contributed by atoms with van der Waals surface area (Å²) in [7, 11) is 0. The molecule has 0 saturated carbocycles. The first-order chi connectivity index (χ1) is 7.27. The van der Waals surface area contributed by atoms with Gasteiger partial charge in [-0.25, -0.2) is 0 Å². The molecule has 0 amide bonds. The Bertz CT molecular complexity index is 449. The van der Waals surface area contributed by atoms with Crippen LogP contribution in [0.5, 0.6) is 5.75 Å². The van der Waals surface area contributed by atoms with Crippen LogP contribution in [-0.2, 0) is 0 Å². The summed E-state index contributed by atoms with van der Waals surface area (Å²) < 4.78 is 5.59. The van der Waals surface area contributed by atoms with Gasteiger partial charge in [0.05, 0.1) is 0 Å². The molecule has 0 aliphatic rings. The van der Waals surface area contributed by atoms with Crippen LogP contribution in [0.4, 0.5) is 0 Å². The van der Waals surface area contributed by atoms with Crippen LogP contribution in [0.2, 0.25) is 0 Å². The van der Waals surface area contributed by atoms with Crippen LogP contribution in [0.15, 0.2) is 36.5 Å². The highest BCUT2D eigenvalue weighted by atomic mass is 16.5. The Kier molecular flexibility index (Phi) is 2.83. The summed E-state index contributed by atoms with van der Waals surface area (Å²) >= 11 is 0. The van der Waals surface area contributed by atoms with Crippen molar-refractivity contribution in [3.05, 3.63) is 36.5 Å². The highest BCUT2D eigenvalue weighted by Gasteiger charge is 2.03. The summed E-state index contributed by atoms with van der Waals surface area (Å²) in [5.74, 6) is 0.797. The summed E-state index contributed by atoms with van der Waals surface area (Å²) in [6.07, 6.45) is 1.76. The lowest BCUT2D eigenvalue weighted by Crippen LogP contribution is -2.23. The molecule has 0 unspecified atom stereocenters. The predicted molar refractivity (Wildman–Crippen MR) is 60.9 cm³/mol. The van der Waals surface area contributed by atoms with E-state index in [0.717, 1.165) is 16.7 Å². The van der Waals surface area contributed by atoms with Crippen LogP contribution in [0.1, 0.15) is 6.92 Å². The lowest BCUT2D eigenvalue weighted by molar-refractivity contribution is 0.299. The van der Waals surface area contributed by atoms with Crippen molar-refractivity contribution in [3.8, 4) is 5.75 Å². The Labute approximate surface area is 88.9 Å². The van der Waals surface area contributed by atoms with Gasteiger partial charge in [0.1, 0.15) is 17.9 Å². The molecule has 15 heavy (non-hydrogen) atoms. The summed E-state index contributed by atoms with van der Waals surface area (Å²) in [4.78, 5) is 4.29. The standard InChI is InChI=1S/C12H14N2O/c1-9(13)8-15-11-6-2-4-10-5-3-7-14-12(10)11/h2-7,9H,8,13H2,1H3/t9-/m1/s1. The molecule has 1 aromatic carbocycles. The van der Waals surface area contributed by atoms with Gasteiger partial charge in [-0.3, -0.25) is 4.98 Å². The molecule has 2 rings (SSSR count). The highest BCUT2D eigenvalue weighted by Crippen LogP contribution is 2.22. The normalized spacial score (nSPS) is 12.7. The number of hydrogen-bond donors (Lipinski definition) is 1. The molecule has 78 valence electrons. The molecule has 1 aromatic heterocycles. The van der Waals surface area contributed by atoms with Crippen LogP contribution in [0, 0.1) is 0 Å². The number of fused-ring (bicyclic) bond motifs is 1. The molecule has 0 aliphatic heterocycles. The largest absolute Gasteiger partial charge is 0.490 e. The Balaban J connectivity index is 2.34. The van der Waals surface area contributed by atoms with Gasteiger partial charge in [0.15, 0.2) is 0 Å². The molecule has 2 N–H and O–H groups in total. The predicted octanol–water partition coefficient (Wildman–Crippen LogP) is 1.96. The summed E-state index contributed by atoms with van der Waals surface area (Å²) in [5.41, 5.74) is 6.53. The fourth-order valence-electron chi connectivity index (χ4n) is 1.41. The summed E-state index contributed by atoms with van der Waals surface area (Å²) in [5, 5.41) is 1.08. The van der Waals surface area contributed by atoms with Gasteiger partial charge in [-0.1, -0.05) is 18.2 Å². The van der Waals surface area contributed by atoms with E-state index in [1.807, 2.05) is 37.3 Å². The minimum Gasteiger partial charge on any atom is -0.490 e. The van der Waals surface area contributed by atoms with Gasteiger partial charge >= 0.3 is 0 Å². The molecule has 1 heterocycles. The van der Waals surface area contributed by atoms with E-state index >= 15 is 0 Å². The number of nitrogens with zero attached hydrogens (tertiary/aromatic N) is 1. The molecule has 3 nitrogen and oxygen atoms in total. The quantitative estimate of drug-likeness (QED) is 0.827. The first kappa shape index (κ1) is 9.93. The van der Waals surface area contributed by atoms with Crippen molar-refractivity contribution in [1.82, 2.24) is 4.98 Å². The van der Waals surface area contributed by atoms with Gasteiger partial charge in [-0.05, 0) is 19.1 Å². The van der Waals surface area contributed by atoms with Crippen molar-refractivity contribution in [2.75, 3.05) is 6.61 Å². The number of rotatable bonds is 3. The molecular weight excluding hydrogens is 188 g/mol. The van der Waals surface area contributed by atoms with Crippen molar-refractivity contribution in [1.29, 1.82) is 0 Å². The molecule has 0 fully saturated rings. The summed E-state index contributed by atoms with van der Waals surface area (Å²) in [6, 6.07) is 9.85. The maximum Gasteiger partial charge on any atom is 0.145 e. The molecule has 0 saturated heterocycles. The lowest BCUT2D eigenvalue weighted by Gasteiger charge is -2.10. The first-order valence-electron chi connectivity index (χ1n) is 4.99. The van der Waals surface area contributed by atoms with Crippen LogP contribution in [0.3, 0.4) is 0 Å². The van der Waals surface area contributed by atoms with Gasteiger partial charge in [-0.2, -0.15) is 0 Å². The second kappa shape index (κ2) is 4.28. The number of para-hydroxylation sites is 1. The SMILES string of the molecule is C[C@@H](N)COc1cccc2cccnc12. The van der Waals surface area contributed by atoms with Crippen molar-refractivity contribution < 1.29 is 4.74 Å². The topological polar surface area (TPSA) is 48.1 Å². The highest BCUT2D eigenvalue weighted by molar-refractivity contribution is 5.84. The van der Waals surface area contributed by atoms with Crippen molar-refractivity contribution in [2.24, 2.45) is 5.73 Å². The lowest BCUT2D eigenvalue weighted by atomic mass is 10.2. The van der Waals surface area contributed by atoms with E-state index < -0.39 is 0 Å². The average Bonchev–Trinajstić information content (AvgIpc) is 2.26. The van der Waals surface area contributed by atoms with E-state index in [9.17, 15) is 0 Å². The first-order valence-corrected chi connectivity index (χ1v) is 4.99. The maximum absolute atomic E-state index is 5.64. The zero-order valence-corrected chi connectivity index (χ0v) is 8.68. The number of pyridine rings is 1. The second-order valence-electron chi connectivity index (χ2n) is 3.62. The van der Waals surface area contributed by atoms with E-state index in [1.54, 1.807) is 6.20 Å². The van der Waals surface area contributed by atoms with E-state index in [4.69, 9.17) is 10.5 Å². The number of hydrogen-bond acceptors (Lipinski definition) is 3. The molecular formula is C12H14N2O. The third kappa shape index (κ3) is 2.25. The fourth-order valence-corrected chi connectivity index (χ4v) is 1.41. The second-order valence-corrected chi connectivity index (χ2v) is 3.62. The van der Waals surface area contributed by atoms with Crippen LogP contribution < -0.4 is 10.5 Å². The Hall–Kier alpha value is -1.61. The molecule has 0 spiro atoms. The van der Waals surface area contributed by atoms with E-state index in [1.165, 1.54) is 0 Å². The van der Waals surface area contributed by atoms with E-state index in [0.29, 0.717) is 6.61 Å². The Morgan fingerprint density at radius 1 is 1.33 bits per heavy atom. The number of benzene rings is 1. The van der Waals surface area contributed by atoms with Crippen LogP contribution in [0.25, 0.3) is 10.9 Å². The van der Waals surface area contributed by atoms with Crippen molar-refractivity contribution in [3.63, 3.8) is 0 Å². The Morgan fingerprint density at radius 3 is 2.93 bits per heavy atom. The zero-order valence-electron chi connectivity index (χ0n) is 8.68. The van der Waals surface area contributed by atoms with Gasteiger partial charge in [0.2, 0.25) is 0 Å². The smallest absolute Gasteiger partial charge is 0.145 e. The molecule has 0 bridgehead atoms. The van der Waals surface area contributed by atoms with E-state index in [-0.39, 0.29) is 6.04 Å². The third-order valence-electron chi connectivity index (χ3n) is 2.10. The molecule has 0 aliphatic carbocycles. The maximum atomic E-state index is 5.64. The molecule has 3 heteroatoms. The minimum absolute atomic E-state index is 0.0315. The van der Waals surface area contributed by atoms with Gasteiger partial charge in [-0.15, -0.1) is 0 Å². The van der Waals surface area contributed by atoms with Crippen LogP contribution in [-0.4, -0.2) is 17.6 Å². The van der Waals surface area contributed by atoms with Crippen LogP contribution >= 0.6 is 0 Å². The van der Waals surface area contributed by atoms with Crippen molar-refractivity contribution >= 4 is 10.9 Å². The average molecular weight is 202 g/mol. The van der Waals surface area contributed by atoms with Crippen molar-refractivity contribution in [2.45, 2.75) is 13.0 Å². The monoisotopic (exact) mass is 202 g/mol. The van der Waals surface area contributed by atoms with Gasteiger partial charge < -0.3 is 10.5 Å². The molecule has 0 radical (unpaired) electrons. The third-order valence-corrected chi connectivity index (χ3v) is 2.10. The molecule has 2 aromatic rings. The zero-order chi connectivity index (χ0) is 10.7. The van der Waals surface area contributed by atoms with Gasteiger partial charge in [0, 0.05) is 17.6 Å². The number of aromatic nitrogens is 1. The van der Waals surface area contributed by atoms with E-state index in [2.05, 4.69) is 4.98 Å².